The third-order valence-corrected chi connectivity index (χ3v) is 3.73. The van der Waals surface area contributed by atoms with Crippen LogP contribution in [0.1, 0.15) is 10.4 Å². The number of nitrogen functional groups attached to an aromatic ring is 1. The Labute approximate surface area is 122 Å². The molecule has 0 aliphatic carbocycles. The zero-order valence-corrected chi connectivity index (χ0v) is 11.7. The number of fused-ring (bicyclic) bond motifs is 1. The van der Waals surface area contributed by atoms with Gasteiger partial charge in [0.05, 0.1) is 16.9 Å². The van der Waals surface area contributed by atoms with Crippen LogP contribution in [0.15, 0.2) is 42.5 Å². The van der Waals surface area contributed by atoms with E-state index >= 15 is 0 Å². The normalized spacial score (nSPS) is 14.0. The summed E-state index contributed by atoms with van der Waals surface area (Å²) in [6.45, 7) is 1.31. The maximum atomic E-state index is 13.1. The number of nitrogens with zero attached hydrogens (tertiary/aromatic N) is 2. The number of para-hydroxylation sites is 2. The van der Waals surface area contributed by atoms with E-state index in [9.17, 15) is 9.18 Å². The molecule has 1 aliphatic heterocycles. The second kappa shape index (κ2) is 5.09. The number of rotatable bonds is 1. The van der Waals surface area contributed by atoms with Crippen LogP contribution in [-0.4, -0.2) is 26.0 Å². The highest BCUT2D eigenvalue weighted by molar-refractivity contribution is 6.11. The molecule has 2 aromatic rings. The van der Waals surface area contributed by atoms with Crippen molar-refractivity contribution in [1.29, 1.82) is 0 Å². The lowest BCUT2D eigenvalue weighted by atomic mass is 10.1. The highest BCUT2D eigenvalue weighted by atomic mass is 19.1. The number of hydrogen-bond donors (Lipinski definition) is 1. The summed E-state index contributed by atoms with van der Waals surface area (Å²) in [5.74, 6) is -0.643. The van der Waals surface area contributed by atoms with E-state index in [1.165, 1.54) is 18.2 Å². The minimum Gasteiger partial charge on any atom is -0.398 e. The van der Waals surface area contributed by atoms with Crippen LogP contribution in [0.3, 0.4) is 0 Å². The first kappa shape index (κ1) is 13.4. The number of carbonyl (C=O) groups excluding carboxylic acids is 1. The number of anilines is 3. The van der Waals surface area contributed by atoms with Gasteiger partial charge in [-0.05, 0) is 30.3 Å². The first-order valence-electron chi connectivity index (χ1n) is 6.75. The van der Waals surface area contributed by atoms with Crippen LogP contribution < -0.4 is 15.5 Å². The van der Waals surface area contributed by atoms with E-state index in [1.807, 2.05) is 31.3 Å². The number of amides is 1. The summed E-state index contributed by atoms with van der Waals surface area (Å²) in [5.41, 5.74) is 8.12. The number of likely N-dealkylation sites (N-methyl/N-ethyl adjacent to an activating group) is 1. The van der Waals surface area contributed by atoms with Crippen LogP contribution in [0.4, 0.5) is 21.5 Å². The Morgan fingerprint density at radius 2 is 1.86 bits per heavy atom. The van der Waals surface area contributed by atoms with Gasteiger partial charge in [0.15, 0.2) is 0 Å². The van der Waals surface area contributed by atoms with Gasteiger partial charge >= 0.3 is 0 Å². The van der Waals surface area contributed by atoms with Crippen molar-refractivity contribution < 1.29 is 9.18 Å². The molecule has 0 spiro atoms. The smallest absolute Gasteiger partial charge is 0.260 e. The molecule has 0 saturated heterocycles. The van der Waals surface area contributed by atoms with Gasteiger partial charge in [-0.15, -0.1) is 0 Å². The van der Waals surface area contributed by atoms with Crippen LogP contribution in [0.2, 0.25) is 0 Å². The molecular formula is C16H16FN3O. The Kier molecular flexibility index (Phi) is 3.25. The Bertz CT molecular complexity index is 702. The largest absolute Gasteiger partial charge is 0.398 e. The predicted molar refractivity (Wildman–Crippen MR) is 82.2 cm³/mol. The summed E-state index contributed by atoms with van der Waals surface area (Å²) in [5, 5.41) is 0. The van der Waals surface area contributed by atoms with E-state index in [0.29, 0.717) is 12.1 Å². The number of benzene rings is 2. The topological polar surface area (TPSA) is 49.6 Å². The number of hydrogen-bond acceptors (Lipinski definition) is 3. The fourth-order valence-electron chi connectivity index (χ4n) is 2.59. The molecule has 0 aromatic heterocycles. The molecule has 0 radical (unpaired) electrons. The highest BCUT2D eigenvalue weighted by Gasteiger charge is 2.26. The maximum absolute atomic E-state index is 13.1. The van der Waals surface area contributed by atoms with Gasteiger partial charge < -0.3 is 15.5 Å². The first-order chi connectivity index (χ1) is 10.1. The fraction of sp³-hybridized carbons (Fsp3) is 0.188. The molecule has 5 heteroatoms. The maximum Gasteiger partial charge on any atom is 0.260 e. The van der Waals surface area contributed by atoms with Crippen molar-refractivity contribution in [2.24, 2.45) is 0 Å². The standard InChI is InChI=1S/C16H16FN3O/c1-19-8-9-20(15-5-3-2-4-14(15)19)16(21)12-7-6-11(17)10-13(12)18/h2-7,10H,8-9,18H2,1H3. The molecular weight excluding hydrogens is 269 g/mol. The van der Waals surface area contributed by atoms with Crippen LogP contribution >= 0.6 is 0 Å². The zero-order valence-electron chi connectivity index (χ0n) is 11.7. The fourth-order valence-corrected chi connectivity index (χ4v) is 2.59. The summed E-state index contributed by atoms with van der Waals surface area (Å²) in [4.78, 5) is 16.5. The Morgan fingerprint density at radius 1 is 1.14 bits per heavy atom. The van der Waals surface area contributed by atoms with Crippen LogP contribution in [0, 0.1) is 5.82 Å². The number of carbonyl (C=O) groups is 1. The van der Waals surface area contributed by atoms with Crippen molar-refractivity contribution in [2.75, 3.05) is 35.7 Å². The van der Waals surface area contributed by atoms with Crippen molar-refractivity contribution in [1.82, 2.24) is 0 Å². The second-order valence-corrected chi connectivity index (χ2v) is 5.10. The molecule has 108 valence electrons. The number of halogens is 1. The second-order valence-electron chi connectivity index (χ2n) is 5.10. The van der Waals surface area contributed by atoms with Gasteiger partial charge in [0.25, 0.3) is 5.91 Å². The molecule has 21 heavy (non-hydrogen) atoms. The summed E-state index contributed by atoms with van der Waals surface area (Å²) in [6.07, 6.45) is 0. The third kappa shape index (κ3) is 2.31. The van der Waals surface area contributed by atoms with E-state index in [4.69, 9.17) is 5.73 Å². The quantitative estimate of drug-likeness (QED) is 0.819. The van der Waals surface area contributed by atoms with E-state index in [2.05, 4.69) is 4.90 Å². The van der Waals surface area contributed by atoms with E-state index < -0.39 is 5.82 Å². The van der Waals surface area contributed by atoms with Gasteiger partial charge in [0.2, 0.25) is 0 Å². The Morgan fingerprint density at radius 3 is 2.57 bits per heavy atom. The molecule has 2 aromatic carbocycles. The van der Waals surface area contributed by atoms with Crippen LogP contribution in [0.25, 0.3) is 0 Å². The summed E-state index contributed by atoms with van der Waals surface area (Å²) in [6, 6.07) is 11.6. The van der Waals surface area contributed by atoms with Crippen LogP contribution in [0.5, 0.6) is 0 Å². The molecule has 0 saturated carbocycles. The molecule has 1 aliphatic rings. The van der Waals surface area contributed by atoms with Gasteiger partial charge in [0.1, 0.15) is 5.82 Å². The molecule has 2 N–H and O–H groups in total. The highest BCUT2D eigenvalue weighted by Crippen LogP contribution is 2.33. The lowest BCUT2D eigenvalue weighted by molar-refractivity contribution is 0.0987. The van der Waals surface area contributed by atoms with E-state index in [1.54, 1.807) is 4.90 Å². The SMILES string of the molecule is CN1CCN(C(=O)c2ccc(F)cc2N)c2ccccc21. The molecule has 0 atom stereocenters. The van der Waals surface area contributed by atoms with Crippen LogP contribution in [-0.2, 0) is 0 Å². The number of nitrogens with two attached hydrogens (primary N) is 1. The summed E-state index contributed by atoms with van der Waals surface area (Å²) < 4.78 is 13.1. The van der Waals surface area contributed by atoms with E-state index in [-0.39, 0.29) is 11.6 Å². The summed E-state index contributed by atoms with van der Waals surface area (Å²) in [7, 11) is 1.99. The lowest BCUT2D eigenvalue weighted by Crippen LogP contribution is -2.42. The Balaban J connectivity index is 2.01. The van der Waals surface area contributed by atoms with Gasteiger partial charge in [-0.1, -0.05) is 12.1 Å². The molecule has 0 bridgehead atoms. The molecule has 0 unspecified atom stereocenters. The van der Waals surface area contributed by atoms with Crippen molar-refractivity contribution in [3.05, 3.63) is 53.8 Å². The molecule has 3 rings (SSSR count). The predicted octanol–water partition coefficient (Wildman–Crippen LogP) is 2.50. The first-order valence-corrected chi connectivity index (χ1v) is 6.75. The average Bonchev–Trinajstić information content (AvgIpc) is 2.47. The average molecular weight is 285 g/mol. The lowest BCUT2D eigenvalue weighted by Gasteiger charge is -2.35. The molecule has 0 fully saturated rings. The third-order valence-electron chi connectivity index (χ3n) is 3.73. The van der Waals surface area contributed by atoms with Crippen molar-refractivity contribution in [3.63, 3.8) is 0 Å². The van der Waals surface area contributed by atoms with Crippen molar-refractivity contribution in [2.45, 2.75) is 0 Å². The van der Waals surface area contributed by atoms with Crippen molar-refractivity contribution in [3.8, 4) is 0 Å². The van der Waals surface area contributed by atoms with Gasteiger partial charge in [0, 0.05) is 25.8 Å². The summed E-state index contributed by atoms with van der Waals surface area (Å²) >= 11 is 0. The molecule has 1 heterocycles. The minimum absolute atomic E-state index is 0.163. The van der Waals surface area contributed by atoms with Gasteiger partial charge in [-0.2, -0.15) is 0 Å². The Hall–Kier alpha value is -2.56. The van der Waals surface area contributed by atoms with Crippen molar-refractivity contribution >= 4 is 23.0 Å². The molecule has 1 amide bonds. The van der Waals surface area contributed by atoms with Gasteiger partial charge in [-0.25, -0.2) is 4.39 Å². The monoisotopic (exact) mass is 285 g/mol. The molecule has 4 nitrogen and oxygen atoms in total. The van der Waals surface area contributed by atoms with E-state index in [0.717, 1.165) is 17.9 Å². The minimum atomic E-state index is -0.442. The van der Waals surface area contributed by atoms with Gasteiger partial charge in [-0.3, -0.25) is 4.79 Å². The zero-order chi connectivity index (χ0) is 15.0.